The van der Waals surface area contributed by atoms with Crippen molar-refractivity contribution in [3.63, 3.8) is 0 Å². The van der Waals surface area contributed by atoms with Crippen molar-refractivity contribution in [2.24, 2.45) is 5.28 Å². The molecule has 18 heavy (non-hydrogen) atoms. The zero-order valence-corrected chi connectivity index (χ0v) is 8.79. The van der Waals surface area contributed by atoms with Gasteiger partial charge in [0.1, 0.15) is 5.69 Å². The van der Waals surface area contributed by atoms with Crippen molar-refractivity contribution >= 4 is 17.3 Å². The Morgan fingerprint density at radius 2 is 1.89 bits per heavy atom. The maximum Gasteiger partial charge on any atom is 0.329 e. The van der Waals surface area contributed by atoms with Crippen LogP contribution in [-0.2, 0) is 4.79 Å². The molecule has 0 aliphatic rings. The van der Waals surface area contributed by atoms with Crippen molar-refractivity contribution in [3.8, 4) is 0 Å². The Labute approximate surface area is 99.7 Å². The molecule has 10 heteroatoms. The molecule has 0 aliphatic heterocycles. The average Bonchev–Trinajstić information content (AvgIpc) is 2.35. The highest BCUT2D eigenvalue weighted by Gasteiger charge is 2.19. The SMILES string of the molecule is O=C(O)CN(c1ccc([N+](=O)[O-])cc1)/[N+]([O-])=N/[O-]. The number of anilines is 1. The van der Waals surface area contributed by atoms with Gasteiger partial charge in [-0.15, -0.1) is 5.01 Å². The van der Waals surface area contributed by atoms with E-state index in [1.807, 2.05) is 5.28 Å². The molecule has 0 heterocycles. The van der Waals surface area contributed by atoms with Crippen LogP contribution in [0.5, 0.6) is 0 Å². The second-order valence-electron chi connectivity index (χ2n) is 3.06. The first-order valence-corrected chi connectivity index (χ1v) is 4.50. The van der Waals surface area contributed by atoms with Gasteiger partial charge in [0.15, 0.2) is 6.54 Å². The first kappa shape index (κ1) is 13.2. The number of carbonyl (C=O) groups is 1. The van der Waals surface area contributed by atoms with Gasteiger partial charge in [0.25, 0.3) is 5.69 Å². The van der Waals surface area contributed by atoms with Crippen molar-refractivity contribution in [1.82, 2.24) is 0 Å². The third-order valence-corrected chi connectivity index (χ3v) is 1.92. The van der Waals surface area contributed by atoms with E-state index in [-0.39, 0.29) is 11.4 Å². The molecule has 0 unspecified atom stereocenters. The molecule has 0 atom stereocenters. The van der Waals surface area contributed by atoms with Crippen molar-refractivity contribution in [1.29, 1.82) is 0 Å². The number of benzene rings is 1. The standard InChI is InChI=1S/C8H8N4O6/c13-8(14)5-10(12(18)9-15)6-1-3-7(4-2-6)11(16)17/h1-4,15H,5H2,(H,13,14)/p-1/b12-9-. The summed E-state index contributed by atoms with van der Waals surface area (Å²) in [5, 5.41) is 42.7. The monoisotopic (exact) mass is 255 g/mol. The number of carboxylic acid groups (broad SMARTS) is 1. The van der Waals surface area contributed by atoms with Crippen molar-refractivity contribution < 1.29 is 19.8 Å². The molecule has 1 rings (SSSR count). The lowest BCUT2D eigenvalue weighted by Crippen LogP contribution is -2.35. The molecule has 0 saturated heterocycles. The molecule has 96 valence electrons. The van der Waals surface area contributed by atoms with E-state index in [1.54, 1.807) is 0 Å². The molecular formula is C8H7N4O6-. The molecule has 0 saturated carbocycles. The summed E-state index contributed by atoms with van der Waals surface area (Å²) in [4.78, 5) is 19.8. The number of hydrogen-bond acceptors (Lipinski definition) is 6. The van der Waals surface area contributed by atoms with Crippen LogP contribution in [0, 0.1) is 20.5 Å². The van der Waals surface area contributed by atoms with E-state index >= 15 is 0 Å². The summed E-state index contributed by atoms with van der Waals surface area (Å²) in [5.41, 5.74) is -0.233. The van der Waals surface area contributed by atoms with Gasteiger partial charge in [-0.1, -0.05) is 0 Å². The first-order valence-electron chi connectivity index (χ1n) is 4.50. The van der Waals surface area contributed by atoms with Gasteiger partial charge in [-0.05, 0) is 17.4 Å². The molecule has 0 spiro atoms. The maximum absolute atomic E-state index is 11.0. The van der Waals surface area contributed by atoms with E-state index in [9.17, 15) is 25.3 Å². The molecule has 0 radical (unpaired) electrons. The maximum atomic E-state index is 11.0. The Morgan fingerprint density at radius 1 is 1.33 bits per heavy atom. The molecule has 0 amide bonds. The number of nitrogens with zero attached hydrogens (tertiary/aromatic N) is 4. The lowest BCUT2D eigenvalue weighted by Gasteiger charge is -2.17. The summed E-state index contributed by atoms with van der Waals surface area (Å²) in [6, 6.07) is 4.42. The zero-order valence-electron chi connectivity index (χ0n) is 8.79. The fourth-order valence-corrected chi connectivity index (χ4v) is 1.17. The van der Waals surface area contributed by atoms with Crippen LogP contribution in [0.15, 0.2) is 29.5 Å². The summed E-state index contributed by atoms with van der Waals surface area (Å²) >= 11 is 0. The quantitative estimate of drug-likeness (QED) is 0.355. The highest BCUT2D eigenvalue weighted by Crippen LogP contribution is 2.19. The summed E-state index contributed by atoms with van der Waals surface area (Å²) in [6.45, 7) is -0.799. The van der Waals surface area contributed by atoms with E-state index in [4.69, 9.17) is 5.11 Å². The molecule has 0 bridgehead atoms. The number of hydrogen-bond donors (Lipinski definition) is 1. The number of rotatable bonds is 5. The minimum absolute atomic E-state index is 0.00222. The predicted octanol–water partition coefficient (Wildman–Crippen LogP) is 0.861. The van der Waals surface area contributed by atoms with E-state index in [1.165, 1.54) is 0 Å². The van der Waals surface area contributed by atoms with Crippen LogP contribution in [-0.4, -0.2) is 27.5 Å². The molecule has 1 aromatic rings. The van der Waals surface area contributed by atoms with Crippen molar-refractivity contribution in [2.75, 3.05) is 11.6 Å². The lowest BCUT2D eigenvalue weighted by atomic mass is 10.3. The van der Waals surface area contributed by atoms with Gasteiger partial charge in [-0.2, -0.15) is 0 Å². The first-order chi connectivity index (χ1) is 8.45. The number of non-ortho nitro benzene ring substituents is 1. The van der Waals surface area contributed by atoms with E-state index in [0.29, 0.717) is 5.01 Å². The second kappa shape index (κ2) is 5.43. The Hall–Kier alpha value is -2.91. The van der Waals surface area contributed by atoms with Crippen LogP contribution in [0.3, 0.4) is 0 Å². The molecule has 0 aliphatic carbocycles. The van der Waals surface area contributed by atoms with E-state index in [2.05, 4.69) is 0 Å². The van der Waals surface area contributed by atoms with Gasteiger partial charge in [0.05, 0.1) is 4.92 Å². The summed E-state index contributed by atoms with van der Waals surface area (Å²) < 4.78 is 0. The number of hydrazine groups is 1. The Bertz CT molecular complexity index is 485. The third-order valence-electron chi connectivity index (χ3n) is 1.92. The van der Waals surface area contributed by atoms with E-state index < -0.39 is 22.4 Å². The molecule has 1 N–H and O–H groups in total. The molecule has 10 nitrogen and oxygen atoms in total. The van der Waals surface area contributed by atoms with Gasteiger partial charge >= 0.3 is 5.97 Å². The molecule has 1 aromatic carbocycles. The number of carboxylic acids is 1. The van der Waals surface area contributed by atoms with Crippen LogP contribution in [0.4, 0.5) is 11.4 Å². The highest BCUT2D eigenvalue weighted by molar-refractivity contribution is 5.72. The van der Waals surface area contributed by atoms with Gasteiger partial charge in [0, 0.05) is 17.1 Å². The van der Waals surface area contributed by atoms with Crippen LogP contribution >= 0.6 is 0 Å². The van der Waals surface area contributed by atoms with Crippen LogP contribution in [0.1, 0.15) is 0 Å². The largest absolute Gasteiger partial charge is 0.737 e. The lowest BCUT2D eigenvalue weighted by molar-refractivity contribution is -0.538. The number of aliphatic carboxylic acids is 1. The van der Waals surface area contributed by atoms with Gasteiger partial charge < -0.3 is 15.5 Å². The fourth-order valence-electron chi connectivity index (χ4n) is 1.17. The fraction of sp³-hybridized carbons (Fsp3) is 0.125. The normalized spacial score (nSPS) is 11.0. The smallest absolute Gasteiger partial charge is 0.329 e. The van der Waals surface area contributed by atoms with Crippen LogP contribution in [0.25, 0.3) is 0 Å². The summed E-state index contributed by atoms with van der Waals surface area (Å²) in [7, 11) is 0. The Morgan fingerprint density at radius 3 is 2.28 bits per heavy atom. The number of nitro groups is 1. The van der Waals surface area contributed by atoms with Crippen LogP contribution in [0.2, 0.25) is 0 Å². The summed E-state index contributed by atoms with van der Waals surface area (Å²) in [5.74, 6) is -1.36. The zero-order chi connectivity index (χ0) is 13.7. The van der Waals surface area contributed by atoms with E-state index in [0.717, 1.165) is 24.3 Å². The molecule has 0 fully saturated rings. The van der Waals surface area contributed by atoms with Gasteiger partial charge in [-0.25, -0.2) is 0 Å². The van der Waals surface area contributed by atoms with Crippen molar-refractivity contribution in [3.05, 3.63) is 44.8 Å². The predicted molar refractivity (Wildman–Crippen MR) is 57.5 cm³/mol. The topological polar surface area (TPSA) is 145 Å². The summed E-state index contributed by atoms with van der Waals surface area (Å²) in [6.07, 6.45) is 0. The minimum Gasteiger partial charge on any atom is -0.737 e. The van der Waals surface area contributed by atoms with Crippen molar-refractivity contribution in [2.45, 2.75) is 0 Å². The van der Waals surface area contributed by atoms with Gasteiger partial charge in [0.2, 0.25) is 0 Å². The minimum atomic E-state index is -1.36. The molecular weight excluding hydrogens is 248 g/mol. The van der Waals surface area contributed by atoms with Crippen LogP contribution < -0.4 is 5.01 Å². The Balaban J connectivity index is 3.05. The third kappa shape index (κ3) is 3.04. The molecule has 0 aromatic heterocycles. The van der Waals surface area contributed by atoms with Gasteiger partial charge in [-0.3, -0.25) is 14.9 Å². The Kier molecular flexibility index (Phi) is 3.97. The average molecular weight is 255 g/mol. The number of nitro benzene ring substituents is 1. The second-order valence-corrected chi connectivity index (χ2v) is 3.06. The highest BCUT2D eigenvalue weighted by atomic mass is 16.6.